The average molecular weight is 471 g/mol. The van der Waals surface area contributed by atoms with Crippen LogP contribution in [-0.2, 0) is 11.3 Å². The molecule has 1 aliphatic rings. The molecule has 2 heterocycles. The molecule has 1 aromatic carbocycles. The number of aromatic nitrogens is 2. The number of hydrogen-bond acceptors (Lipinski definition) is 5. The van der Waals surface area contributed by atoms with Crippen molar-refractivity contribution >= 4 is 35.9 Å². The Morgan fingerprint density at radius 1 is 1.32 bits per heavy atom. The lowest BCUT2D eigenvalue weighted by molar-refractivity contribution is 0.130. The number of amides is 1. The zero-order valence-electron chi connectivity index (χ0n) is 18.3. The molecule has 7 nitrogen and oxygen atoms in total. The normalized spacial score (nSPS) is 14.2. The summed E-state index contributed by atoms with van der Waals surface area (Å²) in [7, 11) is 0. The predicted molar refractivity (Wildman–Crippen MR) is 126 cm³/mol. The van der Waals surface area contributed by atoms with Crippen molar-refractivity contribution in [2.24, 2.45) is 11.8 Å². The number of rotatable bonds is 8. The first-order valence-electron chi connectivity index (χ1n) is 10.5. The highest BCUT2D eigenvalue weighted by atomic mass is 35.5. The van der Waals surface area contributed by atoms with E-state index in [-0.39, 0.29) is 12.4 Å². The Balaban J connectivity index is 0.00000341. The van der Waals surface area contributed by atoms with Gasteiger partial charge in [-0.25, -0.2) is 4.79 Å². The number of carbonyl (C=O) groups is 1. The molecule has 1 amide bonds. The van der Waals surface area contributed by atoms with Gasteiger partial charge in [-0.3, -0.25) is 10.00 Å². The number of carbonyl (C=O) groups excluding carboxylic acids is 1. The maximum absolute atomic E-state index is 12.1. The molecule has 0 spiro atoms. The molecular weight excluding hydrogens is 439 g/mol. The summed E-state index contributed by atoms with van der Waals surface area (Å²) in [5, 5.41) is 11.2. The second kappa shape index (κ2) is 12.2. The van der Waals surface area contributed by atoms with E-state index in [1.54, 1.807) is 0 Å². The summed E-state index contributed by atoms with van der Waals surface area (Å²) in [6.07, 6.45) is 1.59. The summed E-state index contributed by atoms with van der Waals surface area (Å²) in [5.41, 5.74) is 1.85. The van der Waals surface area contributed by atoms with E-state index < -0.39 is 6.09 Å². The minimum Gasteiger partial charge on any atom is -0.493 e. The first-order chi connectivity index (χ1) is 14.4. The van der Waals surface area contributed by atoms with E-state index >= 15 is 0 Å². The Hall–Kier alpha value is -1.96. The number of anilines is 1. The van der Waals surface area contributed by atoms with E-state index in [0.29, 0.717) is 42.4 Å². The third kappa shape index (κ3) is 7.91. The van der Waals surface area contributed by atoms with Crippen molar-refractivity contribution in [2.75, 3.05) is 31.6 Å². The van der Waals surface area contributed by atoms with Gasteiger partial charge in [-0.1, -0.05) is 25.4 Å². The molecule has 0 aliphatic carbocycles. The summed E-state index contributed by atoms with van der Waals surface area (Å²) in [5.74, 6) is 2.10. The number of hydrogen-bond donors (Lipinski definition) is 2. The van der Waals surface area contributed by atoms with Crippen molar-refractivity contribution in [3.8, 4) is 5.75 Å². The number of halogens is 2. The smallest absolute Gasteiger partial charge is 0.412 e. The van der Waals surface area contributed by atoms with Crippen LogP contribution in [0.3, 0.4) is 0 Å². The number of piperidine rings is 1. The van der Waals surface area contributed by atoms with Crippen LogP contribution in [0.25, 0.3) is 0 Å². The lowest BCUT2D eigenvalue weighted by Gasteiger charge is -2.21. The van der Waals surface area contributed by atoms with Gasteiger partial charge in [0.1, 0.15) is 5.75 Å². The third-order valence-electron chi connectivity index (χ3n) is 5.03. The number of aryl methyl sites for hydroxylation is 1. The molecule has 3 rings (SSSR count). The number of nitrogens with zero attached hydrogens (tertiary/aromatic N) is 2. The molecule has 0 unspecified atom stereocenters. The average Bonchev–Trinajstić information content (AvgIpc) is 3.05. The van der Waals surface area contributed by atoms with Crippen molar-refractivity contribution in [3.63, 3.8) is 0 Å². The molecule has 9 heteroatoms. The van der Waals surface area contributed by atoms with Crippen LogP contribution >= 0.6 is 24.0 Å². The molecule has 2 N–H and O–H groups in total. The maximum Gasteiger partial charge on any atom is 0.412 e. The molecule has 1 aliphatic heterocycles. The highest BCUT2D eigenvalue weighted by Gasteiger charge is 2.16. The van der Waals surface area contributed by atoms with Gasteiger partial charge < -0.3 is 14.8 Å². The van der Waals surface area contributed by atoms with E-state index in [2.05, 4.69) is 29.6 Å². The molecule has 0 atom stereocenters. The van der Waals surface area contributed by atoms with Crippen LogP contribution in [0.5, 0.6) is 5.75 Å². The second-order valence-corrected chi connectivity index (χ2v) is 8.64. The fourth-order valence-electron chi connectivity index (χ4n) is 3.34. The largest absolute Gasteiger partial charge is 0.493 e. The highest BCUT2D eigenvalue weighted by Crippen LogP contribution is 2.25. The number of ether oxygens (including phenoxy) is 2. The van der Waals surface area contributed by atoms with Crippen molar-refractivity contribution < 1.29 is 14.3 Å². The SMILES string of the molecule is Cc1cc(NC(=O)OCC2CCNCC2)nn1Cc1cc(Cl)ccc1OCC(C)C.Cl. The van der Waals surface area contributed by atoms with Gasteiger partial charge in [0.15, 0.2) is 5.82 Å². The van der Waals surface area contributed by atoms with Crippen LogP contribution in [0.2, 0.25) is 5.02 Å². The van der Waals surface area contributed by atoms with Gasteiger partial charge in [-0.15, -0.1) is 12.4 Å². The van der Waals surface area contributed by atoms with Gasteiger partial charge in [0.25, 0.3) is 0 Å². The molecule has 0 radical (unpaired) electrons. The Labute approximate surface area is 195 Å². The highest BCUT2D eigenvalue weighted by molar-refractivity contribution is 6.30. The minimum atomic E-state index is -0.470. The molecule has 1 fully saturated rings. The maximum atomic E-state index is 12.1. The Bertz CT molecular complexity index is 851. The predicted octanol–water partition coefficient (Wildman–Crippen LogP) is 4.90. The zero-order chi connectivity index (χ0) is 21.5. The van der Waals surface area contributed by atoms with Gasteiger partial charge in [0.2, 0.25) is 0 Å². The van der Waals surface area contributed by atoms with Gasteiger partial charge in [0, 0.05) is 22.3 Å². The lowest BCUT2D eigenvalue weighted by atomic mass is 9.99. The van der Waals surface area contributed by atoms with E-state index in [1.807, 2.05) is 35.9 Å². The van der Waals surface area contributed by atoms with E-state index in [4.69, 9.17) is 21.1 Å². The summed E-state index contributed by atoms with van der Waals surface area (Å²) >= 11 is 6.20. The van der Waals surface area contributed by atoms with Crippen LogP contribution in [-0.4, -0.2) is 42.2 Å². The van der Waals surface area contributed by atoms with Crippen LogP contribution in [0.15, 0.2) is 24.3 Å². The van der Waals surface area contributed by atoms with Crippen molar-refractivity contribution in [1.82, 2.24) is 15.1 Å². The molecule has 2 aromatic rings. The van der Waals surface area contributed by atoms with E-state index in [0.717, 1.165) is 42.9 Å². The summed E-state index contributed by atoms with van der Waals surface area (Å²) in [6, 6.07) is 7.42. The molecule has 0 bridgehead atoms. The summed E-state index contributed by atoms with van der Waals surface area (Å²) in [6.45, 7) is 9.67. The molecule has 1 saturated heterocycles. The topological polar surface area (TPSA) is 77.4 Å². The van der Waals surface area contributed by atoms with Crippen molar-refractivity contribution in [3.05, 3.63) is 40.5 Å². The molecular formula is C22H32Cl2N4O3. The Morgan fingerprint density at radius 2 is 2.06 bits per heavy atom. The lowest BCUT2D eigenvalue weighted by Crippen LogP contribution is -2.31. The minimum absolute atomic E-state index is 0. The molecule has 172 valence electrons. The molecule has 1 aromatic heterocycles. The van der Waals surface area contributed by atoms with Crippen LogP contribution in [0.4, 0.5) is 10.6 Å². The Kier molecular flexibility index (Phi) is 9.93. The zero-order valence-corrected chi connectivity index (χ0v) is 19.9. The van der Waals surface area contributed by atoms with E-state index in [1.165, 1.54) is 0 Å². The van der Waals surface area contributed by atoms with Crippen LogP contribution < -0.4 is 15.4 Å². The Morgan fingerprint density at radius 3 is 2.77 bits per heavy atom. The van der Waals surface area contributed by atoms with Crippen molar-refractivity contribution in [2.45, 2.75) is 40.2 Å². The molecule has 31 heavy (non-hydrogen) atoms. The molecule has 0 saturated carbocycles. The number of nitrogens with one attached hydrogen (secondary N) is 2. The monoisotopic (exact) mass is 470 g/mol. The van der Waals surface area contributed by atoms with E-state index in [9.17, 15) is 4.79 Å². The van der Waals surface area contributed by atoms with Gasteiger partial charge in [-0.05, 0) is 62.9 Å². The first kappa shape index (κ1) is 25.3. The standard InChI is InChI=1S/C22H31ClN4O3.ClH/c1-15(2)13-29-20-5-4-19(23)11-18(20)12-27-16(3)10-21(26-27)25-22(28)30-14-17-6-8-24-9-7-17;/h4-5,10-11,15,17,24H,6-9,12-14H2,1-3H3,(H,25,26,28);1H. The second-order valence-electron chi connectivity index (χ2n) is 8.20. The first-order valence-corrected chi connectivity index (χ1v) is 10.9. The number of benzene rings is 1. The fourth-order valence-corrected chi connectivity index (χ4v) is 3.54. The summed E-state index contributed by atoms with van der Waals surface area (Å²) in [4.78, 5) is 12.1. The van der Waals surface area contributed by atoms with Gasteiger partial charge in [-0.2, -0.15) is 5.10 Å². The van der Waals surface area contributed by atoms with Crippen LogP contribution in [0, 0.1) is 18.8 Å². The fraction of sp³-hybridized carbons (Fsp3) is 0.545. The summed E-state index contributed by atoms with van der Waals surface area (Å²) < 4.78 is 13.1. The van der Waals surface area contributed by atoms with Gasteiger partial charge in [0.05, 0.1) is 19.8 Å². The van der Waals surface area contributed by atoms with Gasteiger partial charge >= 0.3 is 6.09 Å². The third-order valence-corrected chi connectivity index (χ3v) is 5.27. The quantitative estimate of drug-likeness (QED) is 0.573. The van der Waals surface area contributed by atoms with Crippen LogP contribution in [0.1, 0.15) is 37.9 Å². The van der Waals surface area contributed by atoms with Crippen molar-refractivity contribution in [1.29, 1.82) is 0 Å².